The average Bonchev–Trinajstić information content (AvgIpc) is 2.61. The van der Waals surface area contributed by atoms with Gasteiger partial charge in [0.25, 0.3) is 0 Å². The van der Waals surface area contributed by atoms with Crippen molar-refractivity contribution in [2.75, 3.05) is 0 Å². The van der Waals surface area contributed by atoms with Crippen molar-refractivity contribution in [2.45, 2.75) is 64.6 Å². The van der Waals surface area contributed by atoms with Crippen LogP contribution in [-0.2, 0) is 16.0 Å². The van der Waals surface area contributed by atoms with Gasteiger partial charge in [0.1, 0.15) is 11.4 Å². The molecule has 0 spiro atoms. The normalized spacial score (nSPS) is 20.1. The molecule has 1 heterocycles. The highest BCUT2D eigenvalue weighted by Gasteiger charge is 2.41. The molecule has 28 heavy (non-hydrogen) atoms. The summed E-state index contributed by atoms with van der Waals surface area (Å²) in [6, 6.07) is 17.5. The number of likely N-dealkylation sites (tertiary alicyclic amines) is 1. The Labute approximate surface area is 167 Å². The van der Waals surface area contributed by atoms with Crippen LogP contribution < -0.4 is 0 Å². The zero-order chi connectivity index (χ0) is 20.3. The summed E-state index contributed by atoms with van der Waals surface area (Å²) in [5.41, 5.74) is 2.61. The highest BCUT2D eigenvalue weighted by atomic mass is 16.6. The molecule has 0 unspecified atom stereocenters. The Morgan fingerprint density at radius 1 is 1.04 bits per heavy atom. The third kappa shape index (κ3) is 4.80. The molecule has 0 N–H and O–H groups in total. The number of aryl methyl sites for hydroxylation is 1. The van der Waals surface area contributed by atoms with Crippen LogP contribution in [0.3, 0.4) is 0 Å². The molecule has 2 aromatic carbocycles. The number of hydrogen-bond acceptors (Lipinski definition) is 3. The molecule has 1 amide bonds. The maximum atomic E-state index is 13.2. The Bertz CT molecular complexity index is 838. The van der Waals surface area contributed by atoms with Crippen molar-refractivity contribution in [3.63, 3.8) is 0 Å². The number of ketones is 1. The van der Waals surface area contributed by atoms with Crippen LogP contribution in [0, 0.1) is 6.92 Å². The predicted octanol–water partition coefficient (Wildman–Crippen LogP) is 5.25. The van der Waals surface area contributed by atoms with Gasteiger partial charge in [-0.3, -0.25) is 9.69 Å². The number of piperidine rings is 1. The molecule has 1 aliphatic heterocycles. The largest absolute Gasteiger partial charge is 0.444 e. The first kappa shape index (κ1) is 20.1. The number of ether oxygens (including phenoxy) is 1. The first-order valence-corrected chi connectivity index (χ1v) is 9.87. The van der Waals surface area contributed by atoms with E-state index < -0.39 is 5.60 Å². The molecule has 1 aliphatic rings. The van der Waals surface area contributed by atoms with E-state index in [0.29, 0.717) is 19.3 Å². The Morgan fingerprint density at radius 3 is 2.32 bits per heavy atom. The molecule has 1 saturated heterocycles. The van der Waals surface area contributed by atoms with Gasteiger partial charge < -0.3 is 4.74 Å². The van der Waals surface area contributed by atoms with Crippen LogP contribution in [0.1, 0.15) is 56.3 Å². The van der Waals surface area contributed by atoms with Gasteiger partial charge in [0, 0.05) is 18.9 Å². The van der Waals surface area contributed by atoms with Crippen LogP contribution in [0.2, 0.25) is 0 Å². The zero-order valence-corrected chi connectivity index (χ0v) is 17.1. The fourth-order valence-corrected chi connectivity index (χ4v) is 3.88. The van der Waals surface area contributed by atoms with Gasteiger partial charge >= 0.3 is 6.09 Å². The minimum atomic E-state index is -0.591. The number of hydrogen-bond donors (Lipinski definition) is 0. The average molecular weight is 380 g/mol. The maximum absolute atomic E-state index is 13.2. The molecule has 0 aromatic heterocycles. The Kier molecular flexibility index (Phi) is 5.87. The summed E-state index contributed by atoms with van der Waals surface area (Å²) >= 11 is 0. The fraction of sp³-hybridized carbons (Fsp3) is 0.417. The van der Waals surface area contributed by atoms with Crippen molar-refractivity contribution >= 4 is 11.9 Å². The number of nitrogens with zero attached hydrogens (tertiary/aromatic N) is 1. The van der Waals surface area contributed by atoms with E-state index in [4.69, 9.17) is 4.74 Å². The van der Waals surface area contributed by atoms with Gasteiger partial charge in [-0.15, -0.1) is 0 Å². The SMILES string of the molecule is Cc1ccccc1[C@@H]1CC(=O)C[C@@H](Cc2ccccc2)N1C(=O)OC(C)(C)C. The quantitative estimate of drug-likeness (QED) is 0.732. The summed E-state index contributed by atoms with van der Waals surface area (Å²) in [6.07, 6.45) is 0.967. The summed E-state index contributed by atoms with van der Waals surface area (Å²) < 4.78 is 5.75. The molecular formula is C24H29NO3. The lowest BCUT2D eigenvalue weighted by molar-refractivity contribution is -0.125. The van der Waals surface area contributed by atoms with Crippen molar-refractivity contribution in [2.24, 2.45) is 0 Å². The van der Waals surface area contributed by atoms with Crippen molar-refractivity contribution in [3.05, 3.63) is 71.3 Å². The van der Waals surface area contributed by atoms with Crippen molar-refractivity contribution in [1.29, 1.82) is 0 Å². The molecule has 4 nitrogen and oxygen atoms in total. The number of amides is 1. The van der Waals surface area contributed by atoms with Crippen molar-refractivity contribution < 1.29 is 14.3 Å². The molecular weight excluding hydrogens is 350 g/mol. The van der Waals surface area contributed by atoms with E-state index in [2.05, 4.69) is 0 Å². The summed E-state index contributed by atoms with van der Waals surface area (Å²) in [4.78, 5) is 27.6. The van der Waals surface area contributed by atoms with Gasteiger partial charge in [0.2, 0.25) is 0 Å². The summed E-state index contributed by atoms with van der Waals surface area (Å²) in [5.74, 6) is 0.189. The predicted molar refractivity (Wildman–Crippen MR) is 110 cm³/mol. The van der Waals surface area contributed by atoms with E-state index in [-0.39, 0.29) is 24.0 Å². The highest BCUT2D eigenvalue weighted by molar-refractivity contribution is 5.83. The van der Waals surface area contributed by atoms with Gasteiger partial charge in [-0.05, 0) is 50.8 Å². The molecule has 2 aromatic rings. The minimum absolute atomic E-state index is 0.189. The molecule has 3 rings (SSSR count). The molecule has 0 aliphatic carbocycles. The van der Waals surface area contributed by atoms with Crippen LogP contribution in [-0.4, -0.2) is 28.4 Å². The lowest BCUT2D eigenvalue weighted by Crippen LogP contribution is -2.51. The standard InChI is InChI=1S/C24H29NO3/c1-17-10-8-9-13-21(17)22-16-20(26)15-19(14-18-11-6-5-7-12-18)25(22)23(27)28-24(2,3)4/h5-13,19,22H,14-16H2,1-4H3/t19-,22+/m1/s1. The van der Waals surface area contributed by atoms with Crippen LogP contribution in [0.5, 0.6) is 0 Å². The van der Waals surface area contributed by atoms with E-state index in [1.165, 1.54) is 0 Å². The van der Waals surface area contributed by atoms with Crippen LogP contribution in [0.15, 0.2) is 54.6 Å². The van der Waals surface area contributed by atoms with E-state index in [9.17, 15) is 9.59 Å². The Balaban J connectivity index is 1.99. The summed E-state index contributed by atoms with van der Waals surface area (Å²) in [7, 11) is 0. The molecule has 0 radical (unpaired) electrons. The van der Waals surface area contributed by atoms with Gasteiger partial charge in [-0.2, -0.15) is 0 Å². The van der Waals surface area contributed by atoms with Crippen molar-refractivity contribution in [1.82, 2.24) is 4.90 Å². The smallest absolute Gasteiger partial charge is 0.411 e. The number of Topliss-reactive ketones (excluding diaryl/α,β-unsaturated/α-hetero) is 1. The first-order valence-electron chi connectivity index (χ1n) is 9.87. The minimum Gasteiger partial charge on any atom is -0.444 e. The number of rotatable bonds is 3. The topological polar surface area (TPSA) is 46.6 Å². The van der Waals surface area contributed by atoms with Gasteiger partial charge in [-0.25, -0.2) is 4.79 Å². The van der Waals surface area contributed by atoms with E-state index in [1.54, 1.807) is 0 Å². The van der Waals surface area contributed by atoms with Crippen LogP contribution >= 0.6 is 0 Å². The lowest BCUT2D eigenvalue weighted by Gasteiger charge is -2.42. The Hall–Kier alpha value is -2.62. The number of benzene rings is 2. The third-order valence-electron chi connectivity index (χ3n) is 5.08. The highest BCUT2D eigenvalue weighted by Crippen LogP contribution is 2.36. The summed E-state index contributed by atoms with van der Waals surface area (Å²) in [6.45, 7) is 7.63. The molecule has 0 bridgehead atoms. The molecule has 2 atom stereocenters. The van der Waals surface area contributed by atoms with Gasteiger partial charge in [0.05, 0.1) is 6.04 Å². The number of carbonyl (C=O) groups is 2. The van der Waals surface area contributed by atoms with Gasteiger partial charge in [-0.1, -0.05) is 54.6 Å². The second kappa shape index (κ2) is 8.17. The van der Waals surface area contributed by atoms with E-state index in [1.807, 2.05) is 87.2 Å². The van der Waals surface area contributed by atoms with Crippen LogP contribution in [0.4, 0.5) is 4.79 Å². The second-order valence-corrected chi connectivity index (χ2v) is 8.55. The van der Waals surface area contributed by atoms with Crippen molar-refractivity contribution in [3.8, 4) is 0 Å². The molecule has 0 saturated carbocycles. The fourth-order valence-electron chi connectivity index (χ4n) is 3.88. The maximum Gasteiger partial charge on any atom is 0.411 e. The Morgan fingerprint density at radius 2 is 1.68 bits per heavy atom. The van der Waals surface area contributed by atoms with Gasteiger partial charge in [0.15, 0.2) is 0 Å². The molecule has 148 valence electrons. The second-order valence-electron chi connectivity index (χ2n) is 8.55. The molecule has 4 heteroatoms. The monoisotopic (exact) mass is 379 g/mol. The van der Waals surface area contributed by atoms with E-state index >= 15 is 0 Å². The first-order chi connectivity index (χ1) is 13.2. The number of carbonyl (C=O) groups excluding carboxylic acids is 2. The summed E-state index contributed by atoms with van der Waals surface area (Å²) in [5, 5.41) is 0. The van der Waals surface area contributed by atoms with Crippen LogP contribution in [0.25, 0.3) is 0 Å². The lowest BCUT2D eigenvalue weighted by atomic mass is 9.86. The van der Waals surface area contributed by atoms with E-state index in [0.717, 1.165) is 16.7 Å². The molecule has 1 fully saturated rings. The zero-order valence-electron chi connectivity index (χ0n) is 17.1. The third-order valence-corrected chi connectivity index (χ3v) is 5.08.